The third-order valence-electron chi connectivity index (χ3n) is 8.53. The predicted octanol–water partition coefficient (Wildman–Crippen LogP) is 2.70. The maximum atomic E-state index is 13.8. The molecule has 1 aromatic heterocycles. The molecule has 190 valence electrons. The zero-order valence-corrected chi connectivity index (χ0v) is 21.2. The van der Waals surface area contributed by atoms with Crippen LogP contribution in [0.5, 0.6) is 0 Å². The van der Waals surface area contributed by atoms with Gasteiger partial charge < -0.3 is 20.4 Å². The molecule has 1 aliphatic carbocycles. The smallest absolute Gasteiger partial charge is 0.244 e. The van der Waals surface area contributed by atoms with E-state index < -0.39 is 5.41 Å². The van der Waals surface area contributed by atoms with E-state index in [0.29, 0.717) is 37.2 Å². The molecule has 0 bridgehead atoms. The minimum Gasteiger partial charge on any atom is -0.370 e. The average molecular weight is 490 g/mol. The lowest BCUT2D eigenvalue weighted by atomic mass is 9.76. The lowest BCUT2D eigenvalue weighted by Crippen LogP contribution is -2.56. The highest BCUT2D eigenvalue weighted by Crippen LogP contribution is 2.44. The Morgan fingerprint density at radius 3 is 2.56 bits per heavy atom. The number of carbonyl (C=O) groups is 2. The SMILES string of the molecule is CN(C)[C@@H]1CCN(c2ccc(Nc3ncc4c(n3)N(C3CCCC3)C(=O)[C@]3(CCNC3=O)C4)cc2)C1. The van der Waals surface area contributed by atoms with Crippen LogP contribution in [0.2, 0.25) is 0 Å². The summed E-state index contributed by atoms with van der Waals surface area (Å²) in [5.74, 6) is 0.891. The van der Waals surface area contributed by atoms with E-state index in [1.807, 2.05) is 4.90 Å². The quantitative estimate of drug-likeness (QED) is 0.624. The van der Waals surface area contributed by atoms with Crippen molar-refractivity contribution in [1.29, 1.82) is 0 Å². The fourth-order valence-corrected chi connectivity index (χ4v) is 6.35. The lowest BCUT2D eigenvalue weighted by molar-refractivity contribution is -0.140. The van der Waals surface area contributed by atoms with Crippen molar-refractivity contribution < 1.29 is 9.59 Å². The van der Waals surface area contributed by atoms with Gasteiger partial charge in [-0.3, -0.25) is 14.5 Å². The standard InChI is InChI=1S/C27H35N7O2/c1-32(2)22-11-14-33(17-22)20-9-7-19(8-10-20)30-26-29-16-18-15-27(12-13-28-24(27)35)25(36)34(23(18)31-26)21-5-3-4-6-21/h7-10,16,21-22H,3-6,11-15,17H2,1-2H3,(H,28,35)(H,29,30,31)/t22-,27-/m1/s1. The van der Waals surface area contributed by atoms with E-state index in [2.05, 4.69) is 63.8 Å². The third-order valence-corrected chi connectivity index (χ3v) is 8.53. The summed E-state index contributed by atoms with van der Waals surface area (Å²) in [6, 6.07) is 9.06. The Morgan fingerprint density at radius 1 is 1.11 bits per heavy atom. The fourth-order valence-electron chi connectivity index (χ4n) is 6.35. The molecular weight excluding hydrogens is 454 g/mol. The highest BCUT2D eigenvalue weighted by atomic mass is 16.2. The zero-order chi connectivity index (χ0) is 24.9. The van der Waals surface area contributed by atoms with Crippen molar-refractivity contribution >= 4 is 35.0 Å². The second kappa shape index (κ2) is 9.03. The summed E-state index contributed by atoms with van der Waals surface area (Å²) in [5.41, 5.74) is 1.99. The number of amides is 2. The molecule has 2 atom stereocenters. The van der Waals surface area contributed by atoms with Crippen molar-refractivity contribution in [1.82, 2.24) is 20.2 Å². The Bertz CT molecular complexity index is 1160. The van der Waals surface area contributed by atoms with Gasteiger partial charge in [-0.15, -0.1) is 0 Å². The van der Waals surface area contributed by atoms with Crippen LogP contribution in [-0.4, -0.2) is 72.5 Å². The number of rotatable bonds is 5. The molecule has 4 heterocycles. The molecule has 1 saturated carbocycles. The number of carbonyl (C=O) groups excluding carboxylic acids is 2. The monoisotopic (exact) mass is 489 g/mol. The number of anilines is 4. The first-order valence-electron chi connectivity index (χ1n) is 13.2. The normalized spacial score (nSPS) is 26.2. The summed E-state index contributed by atoms with van der Waals surface area (Å²) in [7, 11) is 4.28. The van der Waals surface area contributed by atoms with Crippen LogP contribution in [0.25, 0.3) is 0 Å². The zero-order valence-electron chi connectivity index (χ0n) is 21.2. The number of nitrogens with one attached hydrogen (secondary N) is 2. The molecule has 1 aromatic carbocycles. The van der Waals surface area contributed by atoms with Gasteiger partial charge in [0.1, 0.15) is 11.2 Å². The largest absolute Gasteiger partial charge is 0.370 e. The van der Waals surface area contributed by atoms with Crippen LogP contribution in [0, 0.1) is 5.41 Å². The van der Waals surface area contributed by atoms with Crippen LogP contribution in [0.4, 0.5) is 23.1 Å². The number of nitrogens with zero attached hydrogens (tertiary/aromatic N) is 5. The molecule has 4 aliphatic rings. The van der Waals surface area contributed by atoms with E-state index in [9.17, 15) is 9.59 Å². The van der Waals surface area contributed by atoms with Gasteiger partial charge in [-0.1, -0.05) is 12.8 Å². The highest BCUT2D eigenvalue weighted by molar-refractivity contribution is 6.14. The molecule has 9 heteroatoms. The summed E-state index contributed by atoms with van der Waals surface area (Å²) < 4.78 is 0. The first kappa shape index (κ1) is 23.2. The summed E-state index contributed by atoms with van der Waals surface area (Å²) in [5, 5.41) is 6.21. The highest BCUT2D eigenvalue weighted by Gasteiger charge is 2.56. The summed E-state index contributed by atoms with van der Waals surface area (Å²) in [4.78, 5) is 42.5. The lowest BCUT2D eigenvalue weighted by Gasteiger charge is -2.40. The van der Waals surface area contributed by atoms with Crippen molar-refractivity contribution in [2.45, 2.75) is 57.0 Å². The summed E-state index contributed by atoms with van der Waals surface area (Å²) in [6.07, 6.45) is 7.96. The van der Waals surface area contributed by atoms with Gasteiger partial charge in [0.05, 0.1) is 0 Å². The van der Waals surface area contributed by atoms with Gasteiger partial charge in [0.15, 0.2) is 0 Å². The van der Waals surface area contributed by atoms with Crippen LogP contribution in [-0.2, 0) is 16.0 Å². The fraction of sp³-hybridized carbons (Fsp3) is 0.556. The van der Waals surface area contributed by atoms with Crippen molar-refractivity contribution in [3.63, 3.8) is 0 Å². The van der Waals surface area contributed by atoms with Crippen molar-refractivity contribution in [3.05, 3.63) is 36.0 Å². The van der Waals surface area contributed by atoms with Crippen LogP contribution in [0.3, 0.4) is 0 Å². The maximum absolute atomic E-state index is 13.8. The van der Waals surface area contributed by atoms with E-state index >= 15 is 0 Å². The number of benzene rings is 1. The molecular formula is C27H35N7O2. The van der Waals surface area contributed by atoms with Crippen LogP contribution in [0.1, 0.15) is 44.1 Å². The number of aromatic nitrogens is 2. The Morgan fingerprint density at radius 2 is 1.89 bits per heavy atom. The second-order valence-corrected chi connectivity index (χ2v) is 10.9. The molecule has 3 aliphatic heterocycles. The van der Waals surface area contributed by atoms with E-state index in [1.54, 1.807) is 6.20 Å². The molecule has 2 N–H and O–H groups in total. The molecule has 36 heavy (non-hydrogen) atoms. The minimum atomic E-state index is -1.01. The first-order chi connectivity index (χ1) is 17.4. The molecule has 1 spiro atoms. The Labute approximate surface area is 212 Å². The van der Waals surface area contributed by atoms with E-state index in [1.165, 1.54) is 12.1 Å². The minimum absolute atomic E-state index is 0.0902. The molecule has 6 rings (SSSR count). The van der Waals surface area contributed by atoms with Crippen molar-refractivity contribution in [3.8, 4) is 0 Å². The van der Waals surface area contributed by atoms with Gasteiger partial charge in [0.25, 0.3) is 0 Å². The Hall–Kier alpha value is -3.20. The number of hydrogen-bond acceptors (Lipinski definition) is 7. The van der Waals surface area contributed by atoms with Crippen molar-refractivity contribution in [2.24, 2.45) is 5.41 Å². The second-order valence-electron chi connectivity index (χ2n) is 10.9. The topological polar surface area (TPSA) is 93.7 Å². The molecule has 0 radical (unpaired) electrons. The van der Waals surface area contributed by atoms with Gasteiger partial charge in [0.2, 0.25) is 17.8 Å². The molecule has 3 fully saturated rings. The van der Waals surface area contributed by atoms with E-state index in [0.717, 1.165) is 50.0 Å². The van der Waals surface area contributed by atoms with Gasteiger partial charge in [-0.25, -0.2) is 4.98 Å². The van der Waals surface area contributed by atoms with Crippen LogP contribution in [0.15, 0.2) is 30.5 Å². The number of fused-ring (bicyclic) bond motifs is 1. The van der Waals surface area contributed by atoms with Gasteiger partial charge >= 0.3 is 0 Å². The average Bonchev–Trinajstić information content (AvgIpc) is 3.64. The molecule has 2 aromatic rings. The predicted molar refractivity (Wildman–Crippen MR) is 140 cm³/mol. The Balaban J connectivity index is 1.24. The summed E-state index contributed by atoms with van der Waals surface area (Å²) in [6.45, 7) is 2.65. The first-order valence-corrected chi connectivity index (χ1v) is 13.2. The molecule has 9 nitrogen and oxygen atoms in total. The van der Waals surface area contributed by atoms with Gasteiger partial charge in [-0.05, 0) is 64.0 Å². The van der Waals surface area contributed by atoms with Crippen LogP contribution < -0.4 is 20.4 Å². The van der Waals surface area contributed by atoms with E-state index in [4.69, 9.17) is 4.98 Å². The number of likely N-dealkylation sites (N-methyl/N-ethyl adjacent to an activating group) is 1. The van der Waals surface area contributed by atoms with Crippen LogP contribution >= 0.6 is 0 Å². The molecule has 2 amide bonds. The Kier molecular flexibility index (Phi) is 5.82. The summed E-state index contributed by atoms with van der Waals surface area (Å²) >= 11 is 0. The number of hydrogen-bond donors (Lipinski definition) is 2. The van der Waals surface area contributed by atoms with E-state index in [-0.39, 0.29) is 17.9 Å². The van der Waals surface area contributed by atoms with Crippen molar-refractivity contribution in [2.75, 3.05) is 48.8 Å². The van der Waals surface area contributed by atoms with Gasteiger partial charge in [-0.2, -0.15) is 4.98 Å². The van der Waals surface area contributed by atoms with Gasteiger partial charge in [0, 0.05) is 61.3 Å². The maximum Gasteiger partial charge on any atom is 0.244 e. The molecule has 0 unspecified atom stereocenters. The molecule has 2 saturated heterocycles. The third kappa shape index (κ3) is 3.89.